The van der Waals surface area contributed by atoms with E-state index in [1.165, 1.54) is 29.9 Å². The number of hydrogen-bond donors (Lipinski definition) is 0. The van der Waals surface area contributed by atoms with Crippen LogP contribution in [0.4, 0.5) is 0 Å². The molecule has 1 fully saturated rings. The van der Waals surface area contributed by atoms with Crippen molar-refractivity contribution in [1.29, 1.82) is 0 Å². The summed E-state index contributed by atoms with van der Waals surface area (Å²) >= 11 is 2.06. The van der Waals surface area contributed by atoms with Gasteiger partial charge in [0.1, 0.15) is 0 Å². The van der Waals surface area contributed by atoms with Gasteiger partial charge in [0.05, 0.1) is 0 Å². The van der Waals surface area contributed by atoms with Crippen molar-refractivity contribution in [3.8, 4) is 0 Å². The van der Waals surface area contributed by atoms with E-state index in [2.05, 4.69) is 23.9 Å². The minimum Gasteiger partial charge on any atom is -0.295 e. The lowest BCUT2D eigenvalue weighted by atomic mass is 9.98. The SMILES string of the molecule is CC(=O)c1ccc(CC2CCSC2)cc1. The van der Waals surface area contributed by atoms with Gasteiger partial charge in [-0.1, -0.05) is 24.3 Å². The summed E-state index contributed by atoms with van der Waals surface area (Å²) in [6, 6.07) is 8.08. The molecule has 1 aromatic carbocycles. The summed E-state index contributed by atoms with van der Waals surface area (Å²) in [5.74, 6) is 3.61. The molecule has 1 aliphatic heterocycles. The lowest BCUT2D eigenvalue weighted by molar-refractivity contribution is 0.101. The lowest BCUT2D eigenvalue weighted by Crippen LogP contribution is -2.02. The maximum Gasteiger partial charge on any atom is 0.159 e. The molecule has 1 atom stereocenters. The molecule has 2 rings (SSSR count). The fraction of sp³-hybridized carbons (Fsp3) is 0.462. The van der Waals surface area contributed by atoms with Crippen LogP contribution in [-0.4, -0.2) is 17.3 Å². The van der Waals surface area contributed by atoms with E-state index in [1.54, 1.807) is 6.92 Å². The van der Waals surface area contributed by atoms with Gasteiger partial charge in [-0.3, -0.25) is 4.79 Å². The molecule has 0 bridgehead atoms. The second-order valence-corrected chi connectivity index (χ2v) is 5.34. The summed E-state index contributed by atoms with van der Waals surface area (Å²) in [7, 11) is 0. The molecular formula is C13H16OS. The summed E-state index contributed by atoms with van der Waals surface area (Å²) in [6.45, 7) is 1.61. The van der Waals surface area contributed by atoms with Crippen LogP contribution in [0.25, 0.3) is 0 Å². The van der Waals surface area contributed by atoms with E-state index in [-0.39, 0.29) is 5.78 Å². The van der Waals surface area contributed by atoms with Gasteiger partial charge in [0.25, 0.3) is 0 Å². The minimum absolute atomic E-state index is 0.151. The molecule has 1 heterocycles. The van der Waals surface area contributed by atoms with E-state index in [0.717, 1.165) is 11.5 Å². The van der Waals surface area contributed by atoms with Crippen molar-refractivity contribution < 1.29 is 4.79 Å². The van der Waals surface area contributed by atoms with Crippen LogP contribution >= 0.6 is 11.8 Å². The van der Waals surface area contributed by atoms with E-state index in [0.29, 0.717) is 0 Å². The highest BCUT2D eigenvalue weighted by atomic mass is 32.2. The minimum atomic E-state index is 0.151. The predicted octanol–water partition coefficient (Wildman–Crippen LogP) is 3.18. The monoisotopic (exact) mass is 220 g/mol. The molecule has 0 amide bonds. The summed E-state index contributed by atoms with van der Waals surface area (Å²) < 4.78 is 0. The maximum atomic E-state index is 11.1. The highest BCUT2D eigenvalue weighted by molar-refractivity contribution is 7.99. The molecule has 0 saturated carbocycles. The van der Waals surface area contributed by atoms with Crippen LogP contribution < -0.4 is 0 Å². The quantitative estimate of drug-likeness (QED) is 0.728. The normalized spacial score (nSPS) is 20.5. The van der Waals surface area contributed by atoms with Gasteiger partial charge in [0.15, 0.2) is 5.78 Å². The van der Waals surface area contributed by atoms with E-state index in [1.807, 2.05) is 12.1 Å². The van der Waals surface area contributed by atoms with Gasteiger partial charge in [-0.05, 0) is 42.8 Å². The van der Waals surface area contributed by atoms with Gasteiger partial charge in [-0.25, -0.2) is 0 Å². The summed E-state index contributed by atoms with van der Waals surface area (Å²) in [5.41, 5.74) is 2.19. The smallest absolute Gasteiger partial charge is 0.159 e. The molecule has 0 radical (unpaired) electrons. The second-order valence-electron chi connectivity index (χ2n) is 4.19. The Hall–Kier alpha value is -0.760. The van der Waals surface area contributed by atoms with Crippen LogP contribution in [0.5, 0.6) is 0 Å². The Labute approximate surface area is 95.3 Å². The van der Waals surface area contributed by atoms with Crippen LogP contribution in [0, 0.1) is 5.92 Å². The maximum absolute atomic E-state index is 11.1. The van der Waals surface area contributed by atoms with E-state index in [9.17, 15) is 4.79 Å². The van der Waals surface area contributed by atoms with Gasteiger partial charge in [-0.15, -0.1) is 0 Å². The molecule has 80 valence electrons. The van der Waals surface area contributed by atoms with Crippen LogP contribution in [0.1, 0.15) is 29.3 Å². The van der Waals surface area contributed by atoms with Crippen molar-refractivity contribution in [2.24, 2.45) is 5.92 Å². The van der Waals surface area contributed by atoms with E-state index in [4.69, 9.17) is 0 Å². The Bertz CT molecular complexity index is 336. The number of benzene rings is 1. The molecular weight excluding hydrogens is 204 g/mol. The topological polar surface area (TPSA) is 17.1 Å². The average molecular weight is 220 g/mol. The van der Waals surface area contributed by atoms with Gasteiger partial charge < -0.3 is 0 Å². The third kappa shape index (κ3) is 2.85. The third-order valence-corrected chi connectivity index (χ3v) is 4.14. The Morgan fingerprint density at radius 2 is 2.13 bits per heavy atom. The number of carbonyl (C=O) groups excluding carboxylic acids is 1. The molecule has 0 aromatic heterocycles. The fourth-order valence-corrected chi connectivity index (χ4v) is 3.24. The van der Waals surface area contributed by atoms with Crippen LogP contribution in [0.3, 0.4) is 0 Å². The van der Waals surface area contributed by atoms with Crippen LogP contribution in [-0.2, 0) is 6.42 Å². The van der Waals surface area contributed by atoms with E-state index < -0.39 is 0 Å². The Morgan fingerprint density at radius 1 is 1.40 bits per heavy atom. The van der Waals surface area contributed by atoms with Gasteiger partial charge in [0, 0.05) is 5.56 Å². The molecule has 1 unspecified atom stereocenters. The molecule has 15 heavy (non-hydrogen) atoms. The van der Waals surface area contributed by atoms with Crippen molar-refractivity contribution in [3.63, 3.8) is 0 Å². The second kappa shape index (κ2) is 4.84. The third-order valence-electron chi connectivity index (χ3n) is 2.91. The highest BCUT2D eigenvalue weighted by Crippen LogP contribution is 2.26. The molecule has 0 aliphatic carbocycles. The first-order chi connectivity index (χ1) is 7.25. The Morgan fingerprint density at radius 3 is 2.67 bits per heavy atom. The number of Topliss-reactive ketones (excluding diaryl/α,β-unsaturated/α-hetero) is 1. The zero-order valence-corrected chi connectivity index (χ0v) is 9.85. The zero-order valence-electron chi connectivity index (χ0n) is 9.03. The van der Waals surface area contributed by atoms with Crippen molar-refractivity contribution in [1.82, 2.24) is 0 Å². The number of hydrogen-bond acceptors (Lipinski definition) is 2. The first kappa shape index (κ1) is 10.7. The summed E-state index contributed by atoms with van der Waals surface area (Å²) in [5, 5.41) is 0. The number of ketones is 1. The van der Waals surface area contributed by atoms with Crippen LogP contribution in [0.2, 0.25) is 0 Å². The van der Waals surface area contributed by atoms with Crippen molar-refractivity contribution in [2.75, 3.05) is 11.5 Å². The first-order valence-corrected chi connectivity index (χ1v) is 6.59. The number of thioether (sulfide) groups is 1. The van der Waals surface area contributed by atoms with E-state index >= 15 is 0 Å². The lowest BCUT2D eigenvalue weighted by Gasteiger charge is -2.08. The van der Waals surface area contributed by atoms with Crippen LogP contribution in [0.15, 0.2) is 24.3 Å². The van der Waals surface area contributed by atoms with Gasteiger partial charge in [0.2, 0.25) is 0 Å². The molecule has 0 spiro atoms. The van der Waals surface area contributed by atoms with Crippen molar-refractivity contribution in [3.05, 3.63) is 35.4 Å². The van der Waals surface area contributed by atoms with Crippen molar-refractivity contribution in [2.45, 2.75) is 19.8 Å². The number of rotatable bonds is 3. The summed E-state index contributed by atoms with van der Waals surface area (Å²) in [4.78, 5) is 11.1. The molecule has 0 N–H and O–H groups in total. The largest absolute Gasteiger partial charge is 0.295 e. The molecule has 1 aliphatic rings. The summed E-state index contributed by atoms with van der Waals surface area (Å²) in [6.07, 6.45) is 2.52. The first-order valence-electron chi connectivity index (χ1n) is 5.43. The van der Waals surface area contributed by atoms with Gasteiger partial charge >= 0.3 is 0 Å². The average Bonchev–Trinajstić information content (AvgIpc) is 2.71. The standard InChI is InChI=1S/C13H16OS/c1-10(14)13-4-2-11(3-5-13)8-12-6-7-15-9-12/h2-5,12H,6-9H2,1H3. The molecule has 1 aromatic rings. The molecule has 1 nitrogen and oxygen atoms in total. The van der Waals surface area contributed by atoms with Crippen molar-refractivity contribution >= 4 is 17.5 Å². The predicted molar refractivity (Wildman–Crippen MR) is 65.6 cm³/mol. The van der Waals surface area contributed by atoms with Gasteiger partial charge in [-0.2, -0.15) is 11.8 Å². The number of carbonyl (C=O) groups is 1. The Kier molecular flexibility index (Phi) is 3.47. The highest BCUT2D eigenvalue weighted by Gasteiger charge is 2.15. The molecule has 2 heteroatoms. The Balaban J connectivity index is 2.00. The fourth-order valence-electron chi connectivity index (χ4n) is 1.95. The molecule has 1 saturated heterocycles. The zero-order chi connectivity index (χ0) is 10.7.